The highest BCUT2D eigenvalue weighted by molar-refractivity contribution is 7.09. The molecule has 5 nitrogen and oxygen atoms in total. The third kappa shape index (κ3) is 4.27. The van der Waals surface area contributed by atoms with Gasteiger partial charge in [0.1, 0.15) is 5.01 Å². The van der Waals surface area contributed by atoms with Crippen LogP contribution in [-0.4, -0.2) is 34.8 Å². The predicted molar refractivity (Wildman–Crippen MR) is 82.9 cm³/mol. The summed E-state index contributed by atoms with van der Waals surface area (Å²) in [7, 11) is 0. The highest BCUT2D eigenvalue weighted by atomic mass is 32.1. The standard InChI is InChI=1S/C15H23N3O2S/c1-4-12-9-21-13(17-12)6-16-15(20)11-5-14(19)18(8-11)7-10(2)3/h9-11H,4-8H2,1-3H3,(H,16,20)/t11-/m0/s1. The molecule has 1 N–H and O–H groups in total. The fourth-order valence-electron chi connectivity index (χ4n) is 2.46. The van der Waals surface area contributed by atoms with Crippen molar-refractivity contribution in [2.45, 2.75) is 40.2 Å². The van der Waals surface area contributed by atoms with Crippen molar-refractivity contribution in [2.75, 3.05) is 13.1 Å². The van der Waals surface area contributed by atoms with Crippen LogP contribution in [0.15, 0.2) is 5.38 Å². The van der Waals surface area contributed by atoms with E-state index >= 15 is 0 Å². The van der Waals surface area contributed by atoms with E-state index in [0.717, 1.165) is 23.7 Å². The van der Waals surface area contributed by atoms with E-state index in [1.807, 2.05) is 5.38 Å². The Hall–Kier alpha value is -1.43. The minimum atomic E-state index is -0.221. The minimum absolute atomic E-state index is 0.0390. The zero-order valence-corrected chi connectivity index (χ0v) is 13.7. The van der Waals surface area contributed by atoms with Gasteiger partial charge in [-0.15, -0.1) is 11.3 Å². The number of carbonyl (C=O) groups excluding carboxylic acids is 2. The molecule has 6 heteroatoms. The van der Waals surface area contributed by atoms with Crippen LogP contribution in [-0.2, 0) is 22.6 Å². The molecule has 21 heavy (non-hydrogen) atoms. The van der Waals surface area contributed by atoms with Crippen LogP contribution in [0.4, 0.5) is 0 Å². The maximum Gasteiger partial charge on any atom is 0.225 e. The van der Waals surface area contributed by atoms with Crippen LogP contribution in [0.25, 0.3) is 0 Å². The van der Waals surface area contributed by atoms with E-state index in [2.05, 4.69) is 31.1 Å². The molecule has 1 fully saturated rings. The fourth-order valence-corrected chi connectivity index (χ4v) is 3.28. The highest BCUT2D eigenvalue weighted by Gasteiger charge is 2.34. The summed E-state index contributed by atoms with van der Waals surface area (Å²) < 4.78 is 0. The molecule has 2 amide bonds. The topological polar surface area (TPSA) is 62.3 Å². The number of rotatable bonds is 6. The Morgan fingerprint density at radius 3 is 2.95 bits per heavy atom. The van der Waals surface area contributed by atoms with Crippen LogP contribution >= 0.6 is 11.3 Å². The smallest absolute Gasteiger partial charge is 0.225 e. The lowest BCUT2D eigenvalue weighted by Gasteiger charge is -2.18. The van der Waals surface area contributed by atoms with Crippen molar-refractivity contribution in [2.24, 2.45) is 11.8 Å². The molecule has 0 saturated carbocycles. The molecule has 1 aliphatic heterocycles. The Morgan fingerprint density at radius 1 is 1.57 bits per heavy atom. The lowest BCUT2D eigenvalue weighted by molar-refractivity contribution is -0.129. The number of hydrogen-bond acceptors (Lipinski definition) is 4. The molecule has 0 aliphatic carbocycles. The molecule has 1 aromatic rings. The Labute approximate surface area is 129 Å². The molecule has 1 aliphatic rings. The molecule has 116 valence electrons. The third-order valence-electron chi connectivity index (χ3n) is 3.55. The molecule has 1 aromatic heterocycles. The van der Waals surface area contributed by atoms with Crippen LogP contribution in [0.1, 0.15) is 37.9 Å². The van der Waals surface area contributed by atoms with Crippen molar-refractivity contribution < 1.29 is 9.59 Å². The Kier molecular flexibility index (Phi) is 5.33. The van der Waals surface area contributed by atoms with Gasteiger partial charge in [-0.05, 0) is 12.3 Å². The number of aryl methyl sites for hydroxylation is 1. The van der Waals surface area contributed by atoms with Gasteiger partial charge in [-0.25, -0.2) is 4.98 Å². The van der Waals surface area contributed by atoms with Gasteiger partial charge in [-0.1, -0.05) is 20.8 Å². The average Bonchev–Trinajstić information content (AvgIpc) is 3.03. The van der Waals surface area contributed by atoms with Gasteiger partial charge in [0.25, 0.3) is 0 Å². The largest absolute Gasteiger partial charge is 0.349 e. The molecule has 2 heterocycles. The Bertz CT molecular complexity index is 513. The van der Waals surface area contributed by atoms with Crippen molar-refractivity contribution in [1.82, 2.24) is 15.2 Å². The van der Waals surface area contributed by atoms with Gasteiger partial charge in [0.2, 0.25) is 11.8 Å². The molecular formula is C15H23N3O2S. The monoisotopic (exact) mass is 309 g/mol. The van der Waals surface area contributed by atoms with E-state index in [1.54, 1.807) is 16.2 Å². The number of hydrogen-bond donors (Lipinski definition) is 1. The first kappa shape index (κ1) is 15.9. The summed E-state index contributed by atoms with van der Waals surface area (Å²) in [5.41, 5.74) is 1.06. The normalized spacial score (nSPS) is 18.6. The zero-order valence-electron chi connectivity index (χ0n) is 12.9. The molecule has 0 spiro atoms. The van der Waals surface area contributed by atoms with Gasteiger partial charge in [0.15, 0.2) is 0 Å². The van der Waals surface area contributed by atoms with E-state index < -0.39 is 0 Å². The summed E-state index contributed by atoms with van der Waals surface area (Å²) in [5.74, 6) is 0.259. The molecule has 2 rings (SSSR count). The van der Waals surface area contributed by atoms with Crippen molar-refractivity contribution in [3.63, 3.8) is 0 Å². The van der Waals surface area contributed by atoms with E-state index in [9.17, 15) is 9.59 Å². The van der Waals surface area contributed by atoms with Gasteiger partial charge in [0.05, 0.1) is 18.2 Å². The van der Waals surface area contributed by atoms with E-state index in [0.29, 0.717) is 25.4 Å². The number of carbonyl (C=O) groups is 2. The first-order valence-corrected chi connectivity index (χ1v) is 8.36. The van der Waals surface area contributed by atoms with E-state index in [1.165, 1.54) is 0 Å². The number of thiazole rings is 1. The molecule has 1 saturated heterocycles. The number of nitrogens with one attached hydrogen (secondary N) is 1. The summed E-state index contributed by atoms with van der Waals surface area (Å²) in [4.78, 5) is 30.3. The maximum atomic E-state index is 12.2. The van der Waals surface area contributed by atoms with Gasteiger partial charge >= 0.3 is 0 Å². The van der Waals surface area contributed by atoms with Crippen LogP contribution in [0.5, 0.6) is 0 Å². The van der Waals surface area contributed by atoms with Gasteiger partial charge in [0, 0.05) is 24.9 Å². The number of aromatic nitrogens is 1. The molecule has 0 unspecified atom stereocenters. The van der Waals surface area contributed by atoms with E-state index in [-0.39, 0.29) is 17.7 Å². The van der Waals surface area contributed by atoms with Crippen LogP contribution < -0.4 is 5.32 Å². The van der Waals surface area contributed by atoms with Crippen LogP contribution in [0.3, 0.4) is 0 Å². The SMILES string of the molecule is CCc1csc(CNC(=O)[C@H]2CC(=O)N(CC(C)C)C2)n1. The number of amides is 2. The molecule has 0 radical (unpaired) electrons. The summed E-state index contributed by atoms with van der Waals surface area (Å²) in [5, 5.41) is 5.84. The van der Waals surface area contributed by atoms with Crippen molar-refractivity contribution in [1.29, 1.82) is 0 Å². The lowest BCUT2D eigenvalue weighted by Crippen LogP contribution is -2.33. The minimum Gasteiger partial charge on any atom is -0.349 e. The van der Waals surface area contributed by atoms with Crippen molar-refractivity contribution in [3.8, 4) is 0 Å². The highest BCUT2D eigenvalue weighted by Crippen LogP contribution is 2.19. The molecule has 0 aromatic carbocycles. The van der Waals surface area contributed by atoms with Gasteiger partial charge < -0.3 is 10.2 Å². The zero-order chi connectivity index (χ0) is 15.4. The average molecular weight is 309 g/mol. The summed E-state index contributed by atoms with van der Waals surface area (Å²) >= 11 is 1.56. The Morgan fingerprint density at radius 2 is 2.33 bits per heavy atom. The number of nitrogens with zero attached hydrogens (tertiary/aromatic N) is 2. The summed E-state index contributed by atoms with van der Waals surface area (Å²) in [6.07, 6.45) is 1.24. The second kappa shape index (κ2) is 7.02. The Balaban J connectivity index is 1.82. The quantitative estimate of drug-likeness (QED) is 0.872. The molecule has 1 atom stereocenters. The summed E-state index contributed by atoms with van der Waals surface area (Å²) in [6, 6.07) is 0. The maximum absolute atomic E-state index is 12.2. The van der Waals surface area contributed by atoms with Crippen molar-refractivity contribution >= 4 is 23.2 Å². The van der Waals surface area contributed by atoms with Crippen molar-refractivity contribution in [3.05, 3.63) is 16.1 Å². The van der Waals surface area contributed by atoms with Gasteiger partial charge in [-0.2, -0.15) is 0 Å². The van der Waals surface area contributed by atoms with Gasteiger partial charge in [-0.3, -0.25) is 9.59 Å². The fraction of sp³-hybridized carbons (Fsp3) is 0.667. The van der Waals surface area contributed by atoms with Crippen LogP contribution in [0, 0.1) is 11.8 Å². The molecular weight excluding hydrogens is 286 g/mol. The summed E-state index contributed by atoms with van der Waals surface area (Å²) in [6.45, 7) is 7.95. The predicted octanol–water partition coefficient (Wildman–Crippen LogP) is 1.83. The van der Waals surface area contributed by atoms with E-state index in [4.69, 9.17) is 0 Å². The second-order valence-electron chi connectivity index (χ2n) is 5.90. The first-order chi connectivity index (χ1) is 9.99. The number of likely N-dealkylation sites (tertiary alicyclic amines) is 1. The van der Waals surface area contributed by atoms with Crippen LogP contribution in [0.2, 0.25) is 0 Å². The lowest BCUT2D eigenvalue weighted by atomic mass is 10.1. The first-order valence-electron chi connectivity index (χ1n) is 7.48. The molecule has 0 bridgehead atoms. The third-order valence-corrected chi connectivity index (χ3v) is 4.44. The second-order valence-corrected chi connectivity index (χ2v) is 6.84.